The quantitative estimate of drug-likeness (QED) is 0.879. The van der Waals surface area contributed by atoms with E-state index in [1.165, 1.54) is 25.7 Å². The third kappa shape index (κ3) is 3.24. The van der Waals surface area contributed by atoms with Crippen LogP contribution in [0.4, 0.5) is 0 Å². The van der Waals surface area contributed by atoms with Gasteiger partial charge in [0, 0.05) is 18.8 Å². The first-order chi connectivity index (χ1) is 11.1. The van der Waals surface area contributed by atoms with E-state index < -0.39 is 0 Å². The lowest BCUT2D eigenvalue weighted by Gasteiger charge is -2.07. The first kappa shape index (κ1) is 16.4. The van der Waals surface area contributed by atoms with Crippen LogP contribution in [0.5, 0.6) is 0 Å². The van der Waals surface area contributed by atoms with E-state index in [1.54, 1.807) is 4.57 Å². The molecule has 7 heteroatoms. The molecule has 6 nitrogen and oxygen atoms in total. The third-order valence-corrected chi connectivity index (χ3v) is 5.96. The average molecular weight is 336 g/mol. The van der Waals surface area contributed by atoms with E-state index in [-0.39, 0.29) is 11.2 Å². The van der Waals surface area contributed by atoms with E-state index in [0.29, 0.717) is 23.0 Å². The minimum absolute atomic E-state index is 0.343. The summed E-state index contributed by atoms with van der Waals surface area (Å²) in [6.07, 6.45) is 7.06. The fourth-order valence-electron chi connectivity index (χ4n) is 3.19. The van der Waals surface area contributed by atoms with Crippen LogP contribution < -0.4 is 11.2 Å². The van der Waals surface area contributed by atoms with Crippen LogP contribution in [0, 0.1) is 0 Å². The van der Waals surface area contributed by atoms with Crippen LogP contribution >= 0.6 is 11.8 Å². The lowest BCUT2D eigenvalue weighted by molar-refractivity contribution is 0.613. The van der Waals surface area contributed by atoms with Crippen molar-refractivity contribution < 1.29 is 0 Å². The Kier molecular flexibility index (Phi) is 4.94. The van der Waals surface area contributed by atoms with Gasteiger partial charge in [0.05, 0.1) is 5.75 Å². The van der Waals surface area contributed by atoms with Crippen molar-refractivity contribution in [2.24, 2.45) is 7.05 Å². The second-order valence-corrected chi connectivity index (χ2v) is 7.53. The van der Waals surface area contributed by atoms with E-state index in [1.807, 2.05) is 23.4 Å². The molecule has 0 amide bonds. The van der Waals surface area contributed by atoms with E-state index in [2.05, 4.69) is 16.9 Å². The normalized spacial score (nSPS) is 15.7. The lowest BCUT2D eigenvalue weighted by atomic mass is 10.3. The van der Waals surface area contributed by atoms with Crippen molar-refractivity contribution >= 4 is 22.9 Å². The maximum Gasteiger partial charge on any atom is 0.330 e. The van der Waals surface area contributed by atoms with Gasteiger partial charge >= 0.3 is 5.69 Å². The topological polar surface area (TPSA) is 72.7 Å². The Morgan fingerprint density at radius 2 is 2.04 bits per heavy atom. The first-order valence-corrected chi connectivity index (χ1v) is 9.46. The molecule has 1 N–H and O–H groups in total. The number of aromatic nitrogens is 4. The Morgan fingerprint density at radius 3 is 2.74 bits per heavy atom. The monoisotopic (exact) mass is 336 g/mol. The number of nitrogens with one attached hydrogen (secondary N) is 1. The number of hydrogen-bond donors (Lipinski definition) is 1. The zero-order valence-electron chi connectivity index (χ0n) is 13.8. The van der Waals surface area contributed by atoms with Crippen LogP contribution in [-0.4, -0.2) is 24.4 Å². The molecule has 2 aromatic heterocycles. The summed E-state index contributed by atoms with van der Waals surface area (Å²) in [7, 11) is 1.86. The molecule has 3 rings (SSSR count). The number of fused-ring (bicyclic) bond motifs is 1. The molecule has 1 aliphatic carbocycles. The summed E-state index contributed by atoms with van der Waals surface area (Å²) in [5, 5.41) is 0.704. The third-order valence-electron chi connectivity index (χ3n) is 4.59. The standard InChI is InChI=1S/C16H24N4O2S/c1-3-4-9-20-14-13(15(21)18-16(20)22)19(2)12(17-14)10-23-11-7-5-6-8-11/h11H,3-10H2,1-2H3,(H,18,21,22). The van der Waals surface area contributed by atoms with Crippen molar-refractivity contribution in [3.8, 4) is 0 Å². The summed E-state index contributed by atoms with van der Waals surface area (Å²) < 4.78 is 3.45. The molecule has 1 fully saturated rings. The van der Waals surface area contributed by atoms with Gasteiger partial charge in [0.2, 0.25) is 0 Å². The largest absolute Gasteiger partial charge is 0.330 e. The molecule has 0 aromatic carbocycles. The molecule has 0 aliphatic heterocycles. The Labute approximate surface area is 139 Å². The van der Waals surface area contributed by atoms with Gasteiger partial charge in [0.15, 0.2) is 11.2 Å². The molecule has 0 radical (unpaired) electrons. The van der Waals surface area contributed by atoms with E-state index >= 15 is 0 Å². The summed E-state index contributed by atoms with van der Waals surface area (Å²) in [5.41, 5.74) is 0.327. The highest BCUT2D eigenvalue weighted by molar-refractivity contribution is 7.99. The number of aromatic amines is 1. The molecule has 0 bridgehead atoms. The minimum Gasteiger partial charge on any atom is -0.325 e. The maximum absolute atomic E-state index is 12.2. The summed E-state index contributed by atoms with van der Waals surface area (Å²) in [6.45, 7) is 2.67. The minimum atomic E-state index is -0.357. The van der Waals surface area contributed by atoms with Gasteiger partial charge in [-0.1, -0.05) is 26.2 Å². The summed E-state index contributed by atoms with van der Waals surface area (Å²) in [6, 6.07) is 0. The van der Waals surface area contributed by atoms with Crippen LogP contribution in [0.1, 0.15) is 51.3 Å². The fraction of sp³-hybridized carbons (Fsp3) is 0.688. The van der Waals surface area contributed by atoms with Crippen molar-refractivity contribution in [3.63, 3.8) is 0 Å². The molecule has 1 saturated carbocycles. The molecule has 0 atom stereocenters. The molecule has 1 aliphatic rings. The lowest BCUT2D eigenvalue weighted by Crippen LogP contribution is -2.31. The first-order valence-electron chi connectivity index (χ1n) is 8.41. The molecule has 0 saturated heterocycles. The number of nitrogens with zero attached hydrogens (tertiary/aromatic N) is 3. The number of imidazole rings is 1. The zero-order chi connectivity index (χ0) is 16.4. The SMILES string of the molecule is CCCCn1c(=O)[nH]c(=O)c2c1nc(CSC1CCCC1)n2C. The summed E-state index contributed by atoms with van der Waals surface area (Å²) in [4.78, 5) is 31.3. The average Bonchev–Trinajstić information content (AvgIpc) is 3.13. The van der Waals surface area contributed by atoms with Crippen molar-refractivity contribution in [3.05, 3.63) is 26.7 Å². The predicted molar refractivity (Wildman–Crippen MR) is 94.1 cm³/mol. The number of aryl methyl sites for hydroxylation is 2. The van der Waals surface area contributed by atoms with Crippen molar-refractivity contribution in [1.82, 2.24) is 19.1 Å². The van der Waals surface area contributed by atoms with Gasteiger partial charge in [-0.3, -0.25) is 14.3 Å². The zero-order valence-corrected chi connectivity index (χ0v) is 14.6. The van der Waals surface area contributed by atoms with E-state index in [4.69, 9.17) is 0 Å². The number of hydrogen-bond acceptors (Lipinski definition) is 4. The predicted octanol–water partition coefficient (Wildman–Crippen LogP) is 2.40. The van der Waals surface area contributed by atoms with Crippen molar-refractivity contribution in [2.45, 2.75) is 63.0 Å². The number of H-pyrrole nitrogens is 1. The second-order valence-electron chi connectivity index (χ2n) is 6.24. The fourth-order valence-corrected chi connectivity index (χ4v) is 4.50. The smallest absolute Gasteiger partial charge is 0.325 e. The van der Waals surface area contributed by atoms with Gasteiger partial charge < -0.3 is 4.57 Å². The van der Waals surface area contributed by atoms with Gasteiger partial charge in [-0.05, 0) is 19.3 Å². The van der Waals surface area contributed by atoms with Crippen LogP contribution in [0.2, 0.25) is 0 Å². The molecule has 2 heterocycles. The van der Waals surface area contributed by atoms with Gasteiger partial charge in [0.1, 0.15) is 5.82 Å². The number of unbranched alkanes of at least 4 members (excludes halogenated alkanes) is 1. The summed E-state index contributed by atoms with van der Waals surface area (Å²) >= 11 is 1.92. The Bertz CT molecular complexity index is 799. The van der Waals surface area contributed by atoms with Gasteiger partial charge in [0.25, 0.3) is 5.56 Å². The molecule has 23 heavy (non-hydrogen) atoms. The van der Waals surface area contributed by atoms with Crippen LogP contribution in [0.15, 0.2) is 9.59 Å². The van der Waals surface area contributed by atoms with Gasteiger partial charge in [-0.25, -0.2) is 9.78 Å². The van der Waals surface area contributed by atoms with Gasteiger partial charge in [-0.2, -0.15) is 11.8 Å². The molecule has 0 unspecified atom stereocenters. The van der Waals surface area contributed by atoms with Crippen LogP contribution in [-0.2, 0) is 19.3 Å². The highest BCUT2D eigenvalue weighted by Crippen LogP contribution is 2.31. The molecule has 0 spiro atoms. The molecular weight excluding hydrogens is 312 g/mol. The highest BCUT2D eigenvalue weighted by Gasteiger charge is 2.19. The van der Waals surface area contributed by atoms with Crippen LogP contribution in [0.3, 0.4) is 0 Å². The Balaban J connectivity index is 1.96. The highest BCUT2D eigenvalue weighted by atomic mass is 32.2. The van der Waals surface area contributed by atoms with Crippen molar-refractivity contribution in [2.75, 3.05) is 0 Å². The Morgan fingerprint density at radius 1 is 1.30 bits per heavy atom. The molecule has 126 valence electrons. The van der Waals surface area contributed by atoms with Crippen LogP contribution in [0.25, 0.3) is 11.2 Å². The maximum atomic E-state index is 12.2. The van der Waals surface area contributed by atoms with E-state index in [0.717, 1.165) is 24.4 Å². The number of rotatable bonds is 6. The van der Waals surface area contributed by atoms with Gasteiger partial charge in [-0.15, -0.1) is 0 Å². The molecule has 2 aromatic rings. The second kappa shape index (κ2) is 6.95. The van der Waals surface area contributed by atoms with E-state index in [9.17, 15) is 9.59 Å². The Hall–Kier alpha value is -1.50. The summed E-state index contributed by atoms with van der Waals surface area (Å²) in [5.74, 6) is 1.66. The van der Waals surface area contributed by atoms with Crippen molar-refractivity contribution in [1.29, 1.82) is 0 Å². The number of thioether (sulfide) groups is 1. The molecular formula is C16H24N4O2S.